The van der Waals surface area contributed by atoms with E-state index in [1.807, 2.05) is 26.0 Å². The summed E-state index contributed by atoms with van der Waals surface area (Å²) < 4.78 is 5.76. The number of pyridine rings is 1. The monoisotopic (exact) mass is 236 g/mol. The molecule has 1 saturated carbocycles. The Morgan fingerprint density at radius 2 is 2.29 bits per heavy atom. The lowest BCUT2D eigenvalue weighted by atomic mass is 10.3. The second-order valence-electron chi connectivity index (χ2n) is 4.64. The molecule has 1 aliphatic rings. The molecule has 1 aromatic rings. The van der Waals surface area contributed by atoms with Crippen LogP contribution in [0.4, 0.5) is 5.82 Å². The maximum absolute atomic E-state index is 9.14. The summed E-state index contributed by atoms with van der Waals surface area (Å²) in [6.07, 6.45) is 4.26. The molecule has 0 saturated heterocycles. The highest BCUT2D eigenvalue weighted by Crippen LogP contribution is 2.35. The molecule has 94 valence electrons. The van der Waals surface area contributed by atoms with Gasteiger partial charge in [0.05, 0.1) is 12.7 Å². The largest absolute Gasteiger partial charge is 0.487 e. The van der Waals surface area contributed by atoms with Crippen LogP contribution in [0.15, 0.2) is 18.3 Å². The fourth-order valence-electron chi connectivity index (χ4n) is 1.90. The van der Waals surface area contributed by atoms with Crippen molar-refractivity contribution < 1.29 is 9.84 Å². The maximum Gasteiger partial charge on any atom is 0.171 e. The molecule has 0 unspecified atom stereocenters. The molecule has 0 atom stereocenters. The van der Waals surface area contributed by atoms with Crippen molar-refractivity contribution in [3.8, 4) is 5.75 Å². The van der Waals surface area contributed by atoms with Crippen LogP contribution in [0.2, 0.25) is 0 Å². The van der Waals surface area contributed by atoms with Gasteiger partial charge in [-0.05, 0) is 38.8 Å². The summed E-state index contributed by atoms with van der Waals surface area (Å²) in [5.41, 5.74) is 0. The molecule has 1 heterocycles. The molecule has 17 heavy (non-hydrogen) atoms. The van der Waals surface area contributed by atoms with Crippen LogP contribution >= 0.6 is 0 Å². The van der Waals surface area contributed by atoms with E-state index >= 15 is 0 Å². The molecule has 0 aromatic carbocycles. The Morgan fingerprint density at radius 1 is 1.53 bits per heavy atom. The molecule has 4 heteroatoms. The van der Waals surface area contributed by atoms with E-state index in [1.54, 1.807) is 6.20 Å². The molecule has 0 amide bonds. The lowest BCUT2D eigenvalue weighted by Gasteiger charge is -2.25. The zero-order chi connectivity index (χ0) is 12.3. The molecule has 4 nitrogen and oxygen atoms in total. The summed E-state index contributed by atoms with van der Waals surface area (Å²) in [6.45, 7) is 4.78. The first-order valence-electron chi connectivity index (χ1n) is 6.21. The van der Waals surface area contributed by atoms with Gasteiger partial charge in [0.2, 0.25) is 0 Å². The van der Waals surface area contributed by atoms with Crippen molar-refractivity contribution in [1.82, 2.24) is 4.98 Å². The normalized spacial score (nSPS) is 15.1. The topological polar surface area (TPSA) is 45.6 Å². The highest BCUT2D eigenvalue weighted by molar-refractivity contribution is 5.53. The Bertz CT molecular complexity index is 364. The number of ether oxygens (including phenoxy) is 1. The molecular weight excluding hydrogens is 216 g/mol. The number of nitrogens with zero attached hydrogens (tertiary/aromatic N) is 2. The highest BCUT2D eigenvalue weighted by Gasteiger charge is 2.31. The Hall–Kier alpha value is -1.29. The average Bonchev–Trinajstić information content (AvgIpc) is 3.10. The predicted molar refractivity (Wildman–Crippen MR) is 67.5 cm³/mol. The minimum Gasteiger partial charge on any atom is -0.487 e. The van der Waals surface area contributed by atoms with E-state index in [0.717, 1.165) is 11.6 Å². The van der Waals surface area contributed by atoms with Crippen molar-refractivity contribution in [1.29, 1.82) is 0 Å². The number of aliphatic hydroxyl groups is 1. The summed E-state index contributed by atoms with van der Waals surface area (Å²) in [6, 6.07) is 4.34. The van der Waals surface area contributed by atoms with E-state index < -0.39 is 0 Å². The summed E-state index contributed by atoms with van der Waals surface area (Å²) in [5, 5.41) is 9.14. The number of hydrogen-bond acceptors (Lipinski definition) is 4. The third-order valence-corrected chi connectivity index (χ3v) is 2.71. The Balaban J connectivity index is 2.21. The number of aliphatic hydroxyl groups excluding tert-OH is 1. The summed E-state index contributed by atoms with van der Waals surface area (Å²) >= 11 is 0. The minimum atomic E-state index is 0.133. The van der Waals surface area contributed by atoms with E-state index in [1.165, 1.54) is 12.8 Å². The van der Waals surface area contributed by atoms with Crippen LogP contribution in [0, 0.1) is 0 Å². The van der Waals surface area contributed by atoms with Crippen molar-refractivity contribution in [3.05, 3.63) is 18.3 Å². The number of rotatable bonds is 6. The summed E-state index contributed by atoms with van der Waals surface area (Å²) in [7, 11) is 0. The van der Waals surface area contributed by atoms with Crippen molar-refractivity contribution >= 4 is 5.82 Å². The van der Waals surface area contributed by atoms with E-state index in [-0.39, 0.29) is 12.7 Å². The van der Waals surface area contributed by atoms with Crippen molar-refractivity contribution in [2.45, 2.75) is 38.8 Å². The van der Waals surface area contributed by atoms with Crippen molar-refractivity contribution in [2.24, 2.45) is 0 Å². The lowest BCUT2D eigenvalue weighted by molar-refractivity contribution is 0.241. The molecular formula is C13H20N2O2. The van der Waals surface area contributed by atoms with Gasteiger partial charge in [0.1, 0.15) is 0 Å². The smallest absolute Gasteiger partial charge is 0.171 e. The number of hydrogen-bond donors (Lipinski definition) is 1. The maximum atomic E-state index is 9.14. The first-order chi connectivity index (χ1) is 8.22. The number of aromatic nitrogens is 1. The molecule has 0 bridgehead atoms. The molecule has 1 fully saturated rings. The van der Waals surface area contributed by atoms with Crippen LogP contribution in [0.5, 0.6) is 5.75 Å². The standard InChI is InChI=1S/C13H20N2O2/c1-10(2)17-12-4-3-7-14-13(12)15(8-9-16)11-5-6-11/h3-4,7,10-11,16H,5-6,8-9H2,1-2H3. The van der Waals surface area contributed by atoms with Crippen molar-refractivity contribution in [3.63, 3.8) is 0 Å². The Labute approximate surface area is 102 Å². The quantitative estimate of drug-likeness (QED) is 0.818. The van der Waals surface area contributed by atoms with Crippen LogP contribution in [0.1, 0.15) is 26.7 Å². The van der Waals surface area contributed by atoms with Gasteiger partial charge in [-0.25, -0.2) is 4.98 Å². The van der Waals surface area contributed by atoms with Gasteiger partial charge in [-0.15, -0.1) is 0 Å². The van der Waals surface area contributed by atoms with Gasteiger partial charge in [0.25, 0.3) is 0 Å². The lowest BCUT2D eigenvalue weighted by Crippen LogP contribution is -2.30. The van der Waals surface area contributed by atoms with Gasteiger partial charge in [-0.2, -0.15) is 0 Å². The van der Waals surface area contributed by atoms with Gasteiger partial charge in [-0.1, -0.05) is 0 Å². The van der Waals surface area contributed by atoms with Gasteiger partial charge in [0.15, 0.2) is 11.6 Å². The Kier molecular flexibility index (Phi) is 3.84. The molecule has 1 aliphatic carbocycles. The van der Waals surface area contributed by atoms with E-state index in [9.17, 15) is 0 Å². The van der Waals surface area contributed by atoms with Gasteiger partial charge in [0, 0.05) is 18.8 Å². The fraction of sp³-hybridized carbons (Fsp3) is 0.615. The third-order valence-electron chi connectivity index (χ3n) is 2.71. The predicted octanol–water partition coefficient (Wildman–Crippen LogP) is 1.83. The van der Waals surface area contributed by atoms with Gasteiger partial charge < -0.3 is 14.7 Å². The first-order valence-corrected chi connectivity index (χ1v) is 6.21. The van der Waals surface area contributed by atoms with Crippen LogP contribution in [0.25, 0.3) is 0 Å². The molecule has 1 N–H and O–H groups in total. The fourth-order valence-corrected chi connectivity index (χ4v) is 1.90. The summed E-state index contributed by atoms with van der Waals surface area (Å²) in [4.78, 5) is 6.55. The molecule has 0 spiro atoms. The van der Waals surface area contributed by atoms with Crippen LogP contribution < -0.4 is 9.64 Å². The van der Waals surface area contributed by atoms with E-state index in [2.05, 4.69) is 9.88 Å². The molecule has 0 radical (unpaired) electrons. The van der Waals surface area contributed by atoms with Crippen molar-refractivity contribution in [2.75, 3.05) is 18.1 Å². The second-order valence-corrected chi connectivity index (χ2v) is 4.64. The molecule has 1 aromatic heterocycles. The molecule has 0 aliphatic heterocycles. The first kappa shape index (κ1) is 12.2. The third kappa shape index (κ3) is 3.09. The summed E-state index contributed by atoms with van der Waals surface area (Å²) in [5.74, 6) is 1.67. The Morgan fingerprint density at radius 3 is 2.88 bits per heavy atom. The van der Waals surface area contributed by atoms with Gasteiger partial charge in [-0.3, -0.25) is 0 Å². The van der Waals surface area contributed by atoms with Gasteiger partial charge >= 0.3 is 0 Å². The van der Waals surface area contributed by atoms with Crippen LogP contribution in [-0.2, 0) is 0 Å². The minimum absolute atomic E-state index is 0.133. The highest BCUT2D eigenvalue weighted by atomic mass is 16.5. The van der Waals surface area contributed by atoms with Crippen LogP contribution in [-0.4, -0.2) is 35.4 Å². The van der Waals surface area contributed by atoms with E-state index in [4.69, 9.17) is 9.84 Å². The second kappa shape index (κ2) is 5.36. The zero-order valence-electron chi connectivity index (χ0n) is 10.5. The van der Waals surface area contributed by atoms with Crippen LogP contribution in [0.3, 0.4) is 0 Å². The number of anilines is 1. The van der Waals surface area contributed by atoms with E-state index in [0.29, 0.717) is 12.6 Å². The SMILES string of the molecule is CC(C)Oc1cccnc1N(CCO)C1CC1. The zero-order valence-corrected chi connectivity index (χ0v) is 10.5. The molecule has 2 rings (SSSR count). The average molecular weight is 236 g/mol.